The van der Waals surface area contributed by atoms with Crippen LogP contribution in [0.3, 0.4) is 0 Å². The van der Waals surface area contributed by atoms with Crippen molar-refractivity contribution in [1.29, 1.82) is 0 Å². The van der Waals surface area contributed by atoms with Crippen LogP contribution in [0.15, 0.2) is 17.9 Å². The van der Waals surface area contributed by atoms with E-state index in [0.29, 0.717) is 31.7 Å². The SMILES string of the molecule is CCCS(=O)(=O)N1CCc2ncnc(Nc3nccs3)c2C1. The van der Waals surface area contributed by atoms with Gasteiger partial charge in [-0.1, -0.05) is 6.92 Å². The highest BCUT2D eigenvalue weighted by Crippen LogP contribution is 2.27. The molecule has 9 heteroatoms. The summed E-state index contributed by atoms with van der Waals surface area (Å²) in [6, 6.07) is 0. The Bertz CT molecular complexity index is 746. The van der Waals surface area contributed by atoms with Crippen LogP contribution < -0.4 is 5.32 Å². The lowest BCUT2D eigenvalue weighted by Crippen LogP contribution is -2.38. The normalized spacial score (nSPS) is 15.5. The number of nitrogens with one attached hydrogen (secondary N) is 1. The fraction of sp³-hybridized carbons (Fsp3) is 0.462. The first kappa shape index (κ1) is 15.3. The molecule has 22 heavy (non-hydrogen) atoms. The fourth-order valence-corrected chi connectivity index (χ4v) is 4.43. The Labute approximate surface area is 133 Å². The predicted molar refractivity (Wildman–Crippen MR) is 85.6 cm³/mol. The first-order valence-electron chi connectivity index (χ1n) is 7.07. The fourth-order valence-electron chi connectivity index (χ4n) is 2.44. The number of nitrogens with zero attached hydrogens (tertiary/aromatic N) is 4. The van der Waals surface area contributed by atoms with Gasteiger partial charge in [-0.3, -0.25) is 0 Å². The Kier molecular flexibility index (Phi) is 4.37. The first-order chi connectivity index (χ1) is 10.6. The number of anilines is 2. The molecule has 118 valence electrons. The molecule has 1 aliphatic heterocycles. The molecule has 0 radical (unpaired) electrons. The van der Waals surface area contributed by atoms with E-state index >= 15 is 0 Å². The van der Waals surface area contributed by atoms with Crippen molar-refractivity contribution >= 4 is 32.3 Å². The first-order valence-corrected chi connectivity index (χ1v) is 9.56. The van der Waals surface area contributed by atoms with E-state index in [0.717, 1.165) is 16.4 Å². The van der Waals surface area contributed by atoms with Gasteiger partial charge in [-0.25, -0.2) is 23.4 Å². The molecule has 0 saturated heterocycles. The lowest BCUT2D eigenvalue weighted by molar-refractivity contribution is 0.387. The highest BCUT2D eigenvalue weighted by molar-refractivity contribution is 7.89. The quantitative estimate of drug-likeness (QED) is 0.893. The zero-order valence-electron chi connectivity index (χ0n) is 12.2. The van der Waals surface area contributed by atoms with Crippen LogP contribution in [0.25, 0.3) is 0 Å². The van der Waals surface area contributed by atoms with Crippen LogP contribution >= 0.6 is 11.3 Å². The second-order valence-electron chi connectivity index (χ2n) is 5.01. The molecule has 2 aromatic rings. The zero-order valence-corrected chi connectivity index (χ0v) is 13.8. The number of thiazole rings is 1. The number of fused-ring (bicyclic) bond motifs is 1. The topological polar surface area (TPSA) is 88.1 Å². The van der Waals surface area contributed by atoms with Crippen molar-refractivity contribution in [2.24, 2.45) is 0 Å². The van der Waals surface area contributed by atoms with Crippen LogP contribution in [0.2, 0.25) is 0 Å². The average molecular weight is 339 g/mol. The van der Waals surface area contributed by atoms with Crippen LogP contribution in [-0.4, -0.2) is 40.0 Å². The van der Waals surface area contributed by atoms with Gasteiger partial charge in [0.15, 0.2) is 5.13 Å². The summed E-state index contributed by atoms with van der Waals surface area (Å²) in [5.41, 5.74) is 1.74. The Hall–Kier alpha value is -1.58. The van der Waals surface area contributed by atoms with Crippen molar-refractivity contribution < 1.29 is 8.42 Å². The van der Waals surface area contributed by atoms with E-state index in [9.17, 15) is 8.42 Å². The Morgan fingerprint density at radius 1 is 1.36 bits per heavy atom. The van der Waals surface area contributed by atoms with Crippen molar-refractivity contribution in [3.05, 3.63) is 29.2 Å². The van der Waals surface area contributed by atoms with Gasteiger partial charge in [0.25, 0.3) is 0 Å². The van der Waals surface area contributed by atoms with E-state index in [1.165, 1.54) is 22.0 Å². The minimum Gasteiger partial charge on any atom is -0.316 e. The third-order valence-corrected chi connectivity index (χ3v) is 6.19. The molecule has 3 heterocycles. The van der Waals surface area contributed by atoms with Crippen LogP contribution in [0, 0.1) is 0 Å². The maximum Gasteiger partial charge on any atom is 0.214 e. The molecule has 0 amide bonds. The van der Waals surface area contributed by atoms with Crippen LogP contribution in [-0.2, 0) is 23.0 Å². The molecule has 3 rings (SSSR count). The number of rotatable bonds is 5. The van der Waals surface area contributed by atoms with E-state index in [1.807, 2.05) is 12.3 Å². The van der Waals surface area contributed by atoms with Crippen molar-refractivity contribution in [2.45, 2.75) is 26.3 Å². The highest BCUT2D eigenvalue weighted by Gasteiger charge is 2.28. The van der Waals surface area contributed by atoms with E-state index in [4.69, 9.17) is 0 Å². The van der Waals surface area contributed by atoms with Gasteiger partial charge in [0.2, 0.25) is 10.0 Å². The number of hydrogen-bond acceptors (Lipinski definition) is 7. The number of sulfonamides is 1. The third kappa shape index (κ3) is 3.11. The summed E-state index contributed by atoms with van der Waals surface area (Å²) in [7, 11) is -3.22. The standard InChI is InChI=1S/C13H17N5O2S2/c1-2-7-22(19,20)18-5-3-11-10(8-18)12(16-9-15-11)17-13-14-4-6-21-13/h4,6,9H,2-3,5,7-8H2,1H3,(H,14,15,16,17). The molecule has 0 fully saturated rings. The predicted octanol–water partition coefficient (Wildman–Crippen LogP) is 1.77. The van der Waals surface area contributed by atoms with Crippen molar-refractivity contribution in [2.75, 3.05) is 17.6 Å². The molecule has 1 aliphatic rings. The molecule has 0 aliphatic carbocycles. The Morgan fingerprint density at radius 2 is 2.23 bits per heavy atom. The molecule has 0 bridgehead atoms. The maximum absolute atomic E-state index is 12.3. The van der Waals surface area contributed by atoms with E-state index in [1.54, 1.807) is 6.20 Å². The van der Waals surface area contributed by atoms with Crippen molar-refractivity contribution in [3.63, 3.8) is 0 Å². The third-order valence-electron chi connectivity index (χ3n) is 3.48. The van der Waals surface area contributed by atoms with Gasteiger partial charge in [0, 0.05) is 36.7 Å². The molecule has 0 atom stereocenters. The van der Waals surface area contributed by atoms with Gasteiger partial charge in [-0.15, -0.1) is 11.3 Å². The van der Waals surface area contributed by atoms with Gasteiger partial charge in [-0.05, 0) is 6.42 Å². The molecule has 0 unspecified atom stereocenters. The largest absolute Gasteiger partial charge is 0.316 e. The molecule has 0 saturated carbocycles. The molecular weight excluding hydrogens is 322 g/mol. The second kappa shape index (κ2) is 6.27. The lowest BCUT2D eigenvalue weighted by atomic mass is 10.1. The summed E-state index contributed by atoms with van der Waals surface area (Å²) in [6.45, 7) is 2.66. The summed E-state index contributed by atoms with van der Waals surface area (Å²) in [5, 5.41) is 5.75. The van der Waals surface area contributed by atoms with Gasteiger partial charge in [0.05, 0.1) is 11.4 Å². The van der Waals surface area contributed by atoms with E-state index < -0.39 is 10.0 Å². The zero-order chi connectivity index (χ0) is 15.6. The Morgan fingerprint density at radius 3 is 2.95 bits per heavy atom. The molecule has 2 aromatic heterocycles. The molecule has 0 aromatic carbocycles. The van der Waals surface area contributed by atoms with Crippen molar-refractivity contribution in [1.82, 2.24) is 19.3 Å². The van der Waals surface area contributed by atoms with Crippen molar-refractivity contribution in [3.8, 4) is 0 Å². The van der Waals surface area contributed by atoms with Gasteiger partial charge >= 0.3 is 0 Å². The average Bonchev–Trinajstić information content (AvgIpc) is 3.00. The minimum atomic E-state index is -3.22. The van der Waals surface area contributed by atoms with Gasteiger partial charge in [0.1, 0.15) is 12.1 Å². The summed E-state index contributed by atoms with van der Waals surface area (Å²) in [5.74, 6) is 0.807. The molecule has 1 N–H and O–H groups in total. The van der Waals surface area contributed by atoms with E-state index in [-0.39, 0.29) is 5.75 Å². The smallest absolute Gasteiger partial charge is 0.214 e. The molecule has 0 spiro atoms. The van der Waals surface area contributed by atoms with Crippen LogP contribution in [0.4, 0.5) is 10.9 Å². The second-order valence-corrected chi connectivity index (χ2v) is 7.99. The summed E-state index contributed by atoms with van der Waals surface area (Å²) < 4.78 is 26.1. The molecule has 7 nitrogen and oxygen atoms in total. The van der Waals surface area contributed by atoms with Gasteiger partial charge in [-0.2, -0.15) is 4.31 Å². The summed E-state index contributed by atoms with van der Waals surface area (Å²) in [4.78, 5) is 12.7. The number of aromatic nitrogens is 3. The highest BCUT2D eigenvalue weighted by atomic mass is 32.2. The van der Waals surface area contributed by atoms with E-state index in [2.05, 4.69) is 20.3 Å². The number of hydrogen-bond donors (Lipinski definition) is 1. The molecular formula is C13H17N5O2S2. The summed E-state index contributed by atoms with van der Waals surface area (Å²) in [6.07, 6.45) is 4.43. The summed E-state index contributed by atoms with van der Waals surface area (Å²) >= 11 is 1.47. The maximum atomic E-state index is 12.3. The van der Waals surface area contributed by atoms with Gasteiger partial charge < -0.3 is 5.32 Å². The monoisotopic (exact) mass is 339 g/mol. The minimum absolute atomic E-state index is 0.172. The van der Waals surface area contributed by atoms with Crippen LogP contribution in [0.1, 0.15) is 24.6 Å². The Balaban J connectivity index is 1.89. The lowest BCUT2D eigenvalue weighted by Gasteiger charge is -2.28. The van der Waals surface area contributed by atoms with Crippen LogP contribution in [0.5, 0.6) is 0 Å².